The van der Waals surface area contributed by atoms with Gasteiger partial charge in [-0.3, -0.25) is 9.78 Å². The number of hydrogen-bond donors (Lipinski definition) is 3. The number of sulfonamides is 1. The number of rotatable bonds is 4. The first kappa shape index (κ1) is 17.6. The van der Waals surface area contributed by atoms with Crippen molar-refractivity contribution in [3.8, 4) is 0 Å². The zero-order valence-electron chi connectivity index (χ0n) is 14.5. The van der Waals surface area contributed by atoms with E-state index in [1.165, 1.54) is 18.2 Å². The van der Waals surface area contributed by atoms with Gasteiger partial charge in [0, 0.05) is 13.0 Å². The number of aromatic amines is 2. The fraction of sp³-hybridized carbons (Fsp3) is 0.375. The van der Waals surface area contributed by atoms with E-state index < -0.39 is 27.3 Å². The van der Waals surface area contributed by atoms with Crippen LogP contribution in [-0.4, -0.2) is 33.2 Å². The van der Waals surface area contributed by atoms with Gasteiger partial charge in [-0.2, -0.15) is 5.10 Å². The number of nitrogens with one attached hydrogen (secondary N) is 3. The van der Waals surface area contributed by atoms with Gasteiger partial charge in [-0.25, -0.2) is 27.6 Å². The van der Waals surface area contributed by atoms with Crippen LogP contribution in [0.3, 0.4) is 0 Å². The van der Waals surface area contributed by atoms with Gasteiger partial charge in [0.1, 0.15) is 5.82 Å². The van der Waals surface area contributed by atoms with Crippen molar-refractivity contribution in [2.75, 3.05) is 0 Å². The highest BCUT2D eigenvalue weighted by Gasteiger charge is 2.29. The number of benzene rings is 1. The van der Waals surface area contributed by atoms with Crippen LogP contribution in [0.25, 0.3) is 10.9 Å². The van der Waals surface area contributed by atoms with E-state index in [1.807, 2.05) is 6.92 Å². The maximum absolute atomic E-state index is 12.9. The molecule has 0 saturated carbocycles. The molecule has 142 valence electrons. The van der Waals surface area contributed by atoms with Crippen LogP contribution in [0.1, 0.15) is 37.5 Å². The van der Waals surface area contributed by atoms with Gasteiger partial charge in [-0.1, -0.05) is 6.92 Å². The molecular weight excluding hydrogens is 372 g/mol. The minimum Gasteiger partial charge on any atom is -0.307 e. The minimum absolute atomic E-state index is 0.0556. The molecule has 3 aromatic rings. The van der Waals surface area contributed by atoms with E-state index in [-0.39, 0.29) is 15.8 Å². The highest BCUT2D eigenvalue weighted by molar-refractivity contribution is 7.89. The van der Waals surface area contributed by atoms with Crippen LogP contribution in [0.5, 0.6) is 0 Å². The molecule has 0 unspecified atom stereocenters. The number of aryl methyl sites for hydroxylation is 2. The van der Waals surface area contributed by atoms with Crippen LogP contribution in [0.4, 0.5) is 0 Å². The van der Waals surface area contributed by atoms with Gasteiger partial charge in [0.05, 0.1) is 21.8 Å². The fourth-order valence-electron chi connectivity index (χ4n) is 3.23. The second-order valence-corrected chi connectivity index (χ2v) is 8.11. The molecule has 0 bridgehead atoms. The van der Waals surface area contributed by atoms with E-state index in [0.717, 1.165) is 6.42 Å². The molecule has 3 heterocycles. The molecule has 4 rings (SSSR count). The average Bonchev–Trinajstić information content (AvgIpc) is 3.05. The van der Waals surface area contributed by atoms with Crippen molar-refractivity contribution in [1.82, 2.24) is 29.5 Å². The molecule has 1 atom stereocenters. The van der Waals surface area contributed by atoms with Gasteiger partial charge in [0.15, 0.2) is 5.82 Å². The molecule has 0 saturated heterocycles. The summed E-state index contributed by atoms with van der Waals surface area (Å²) in [5, 5.41) is 4.47. The van der Waals surface area contributed by atoms with Crippen molar-refractivity contribution in [1.29, 1.82) is 0 Å². The first-order chi connectivity index (χ1) is 12.9. The largest absolute Gasteiger partial charge is 0.326 e. The highest BCUT2D eigenvalue weighted by atomic mass is 32.2. The zero-order valence-corrected chi connectivity index (χ0v) is 15.3. The Labute approximate surface area is 153 Å². The Morgan fingerprint density at radius 3 is 2.89 bits per heavy atom. The van der Waals surface area contributed by atoms with Crippen molar-refractivity contribution in [3.05, 3.63) is 50.7 Å². The van der Waals surface area contributed by atoms with E-state index >= 15 is 0 Å². The van der Waals surface area contributed by atoms with E-state index in [9.17, 15) is 18.0 Å². The Hall–Kier alpha value is -2.79. The summed E-state index contributed by atoms with van der Waals surface area (Å²) >= 11 is 0. The Morgan fingerprint density at radius 2 is 2.11 bits per heavy atom. The molecule has 3 N–H and O–H groups in total. The summed E-state index contributed by atoms with van der Waals surface area (Å²) < 4.78 is 30.1. The highest BCUT2D eigenvalue weighted by Crippen LogP contribution is 2.26. The number of hydrogen-bond acceptors (Lipinski definition) is 6. The zero-order chi connectivity index (χ0) is 19.2. The predicted molar refractivity (Wildman–Crippen MR) is 96.9 cm³/mol. The number of H-pyrrole nitrogens is 2. The number of nitrogens with zero attached hydrogens (tertiary/aromatic N) is 3. The van der Waals surface area contributed by atoms with Gasteiger partial charge in [-0.05, 0) is 31.0 Å². The van der Waals surface area contributed by atoms with Gasteiger partial charge in [-0.15, -0.1) is 0 Å². The van der Waals surface area contributed by atoms with E-state index in [2.05, 4.69) is 24.8 Å². The topological polar surface area (TPSA) is 143 Å². The molecule has 1 aliphatic rings. The summed E-state index contributed by atoms with van der Waals surface area (Å²) in [6.45, 7) is 2.65. The number of fused-ring (bicyclic) bond motifs is 2. The van der Waals surface area contributed by atoms with Gasteiger partial charge in [0.2, 0.25) is 10.0 Å². The van der Waals surface area contributed by atoms with E-state index in [4.69, 9.17) is 0 Å². The lowest BCUT2D eigenvalue weighted by Crippen LogP contribution is -2.33. The summed E-state index contributed by atoms with van der Waals surface area (Å²) in [5.41, 5.74) is -1.02. The molecule has 0 radical (unpaired) electrons. The molecule has 27 heavy (non-hydrogen) atoms. The summed E-state index contributed by atoms with van der Waals surface area (Å²) in [5.74, 6) is 1.28. The van der Waals surface area contributed by atoms with Crippen molar-refractivity contribution >= 4 is 20.9 Å². The molecule has 0 aliphatic carbocycles. The SMILES string of the molecule is CCc1nc2n(n1)CCC[C@H]2NS(=O)(=O)c1ccc2[nH]c(=O)[nH]c(=O)c2c1. The minimum atomic E-state index is -3.89. The smallest absolute Gasteiger partial charge is 0.307 e. The molecular formula is C16H18N6O4S. The van der Waals surface area contributed by atoms with Gasteiger partial charge < -0.3 is 4.98 Å². The van der Waals surface area contributed by atoms with Crippen LogP contribution in [0.2, 0.25) is 0 Å². The lowest BCUT2D eigenvalue weighted by Gasteiger charge is -2.23. The fourth-order valence-corrected chi connectivity index (χ4v) is 4.48. The van der Waals surface area contributed by atoms with Gasteiger partial charge >= 0.3 is 5.69 Å². The molecule has 10 nitrogen and oxygen atoms in total. The lowest BCUT2D eigenvalue weighted by atomic mass is 10.1. The Bertz CT molecular complexity index is 1240. The van der Waals surface area contributed by atoms with Crippen LogP contribution >= 0.6 is 0 Å². The molecule has 11 heteroatoms. The Kier molecular flexibility index (Phi) is 4.19. The number of aromatic nitrogens is 5. The Morgan fingerprint density at radius 1 is 1.30 bits per heavy atom. The second kappa shape index (κ2) is 6.43. The normalized spacial score (nSPS) is 17.1. The first-order valence-corrected chi connectivity index (χ1v) is 10.1. The van der Waals surface area contributed by atoms with Crippen molar-refractivity contribution < 1.29 is 8.42 Å². The third-order valence-electron chi connectivity index (χ3n) is 4.55. The maximum atomic E-state index is 12.9. The van der Waals surface area contributed by atoms with Crippen molar-refractivity contribution in [3.63, 3.8) is 0 Å². The predicted octanol–water partition coefficient (Wildman–Crippen LogP) is 0.184. The van der Waals surface area contributed by atoms with Crippen LogP contribution in [0.15, 0.2) is 32.7 Å². The molecule has 1 aliphatic heterocycles. The maximum Gasteiger partial charge on any atom is 0.326 e. The van der Waals surface area contributed by atoms with Crippen LogP contribution in [0, 0.1) is 0 Å². The summed E-state index contributed by atoms with van der Waals surface area (Å²) in [6, 6.07) is 3.52. The van der Waals surface area contributed by atoms with Crippen molar-refractivity contribution in [2.24, 2.45) is 0 Å². The first-order valence-electron chi connectivity index (χ1n) is 8.59. The molecule has 0 fully saturated rings. The second-order valence-electron chi connectivity index (χ2n) is 6.39. The van der Waals surface area contributed by atoms with Crippen LogP contribution in [-0.2, 0) is 23.0 Å². The van der Waals surface area contributed by atoms with Gasteiger partial charge in [0.25, 0.3) is 5.56 Å². The quantitative estimate of drug-likeness (QED) is 0.580. The standard InChI is InChI=1S/C16H18N6O4S/c1-2-13-18-14-12(4-3-7-22(14)20-13)21-27(25,26)9-5-6-11-10(8-9)15(23)19-16(24)17-11/h5-6,8,12,21H,2-4,7H2,1H3,(H2,17,19,23,24)/t12-/m1/s1. The summed E-state index contributed by atoms with van der Waals surface area (Å²) in [6.07, 6.45) is 2.07. The van der Waals surface area contributed by atoms with Crippen molar-refractivity contribution in [2.45, 2.75) is 43.7 Å². The third kappa shape index (κ3) is 3.19. The van der Waals surface area contributed by atoms with E-state index in [0.29, 0.717) is 31.0 Å². The molecule has 0 spiro atoms. The summed E-state index contributed by atoms with van der Waals surface area (Å²) in [4.78, 5) is 32.2. The molecule has 0 amide bonds. The van der Waals surface area contributed by atoms with E-state index in [1.54, 1.807) is 4.68 Å². The molecule has 2 aromatic heterocycles. The lowest BCUT2D eigenvalue weighted by molar-refractivity contribution is 0.399. The Balaban J connectivity index is 1.71. The average molecular weight is 390 g/mol. The summed E-state index contributed by atoms with van der Waals surface area (Å²) in [7, 11) is -3.89. The monoisotopic (exact) mass is 390 g/mol. The van der Waals surface area contributed by atoms with Crippen LogP contribution < -0.4 is 16.0 Å². The molecule has 1 aromatic carbocycles. The third-order valence-corrected chi connectivity index (χ3v) is 6.02.